The number of hydrogen-bond acceptors (Lipinski definition) is 5. The molecule has 2 atom stereocenters. The third kappa shape index (κ3) is 3.36. The summed E-state index contributed by atoms with van der Waals surface area (Å²) in [7, 11) is 0. The molecule has 0 radical (unpaired) electrons. The van der Waals surface area contributed by atoms with Gasteiger partial charge in [0.1, 0.15) is 6.17 Å². The van der Waals surface area contributed by atoms with Gasteiger partial charge in [-0.25, -0.2) is 4.39 Å². The van der Waals surface area contributed by atoms with Gasteiger partial charge in [0.2, 0.25) is 11.7 Å². The van der Waals surface area contributed by atoms with E-state index in [1.54, 1.807) is 6.07 Å². The highest BCUT2D eigenvalue weighted by molar-refractivity contribution is 6.08. The molecule has 4 aromatic rings. The molecule has 2 aromatic carbocycles. The van der Waals surface area contributed by atoms with Crippen LogP contribution >= 0.6 is 0 Å². The third-order valence-corrected chi connectivity index (χ3v) is 5.16. The van der Waals surface area contributed by atoms with Gasteiger partial charge in [0.25, 0.3) is 5.91 Å². The summed E-state index contributed by atoms with van der Waals surface area (Å²) in [6.07, 6.45) is 1.02. The number of carbonyl (C=O) groups excluding carboxylic acids is 1. The lowest BCUT2D eigenvalue weighted by Gasteiger charge is -2.10. The molecule has 1 fully saturated rings. The highest BCUT2D eigenvalue weighted by Crippen LogP contribution is 2.43. The Morgan fingerprint density at radius 3 is 2.77 bits per heavy atom. The maximum absolute atomic E-state index is 13.2. The van der Waals surface area contributed by atoms with Gasteiger partial charge in [-0.15, -0.1) is 0 Å². The fourth-order valence-corrected chi connectivity index (χ4v) is 3.29. The highest BCUT2D eigenvalue weighted by Gasteiger charge is 2.43. The van der Waals surface area contributed by atoms with Crippen molar-refractivity contribution in [3.05, 3.63) is 71.7 Å². The zero-order chi connectivity index (χ0) is 20.7. The Morgan fingerprint density at radius 1 is 1.20 bits per heavy atom. The van der Waals surface area contributed by atoms with Gasteiger partial charge in [-0.1, -0.05) is 47.6 Å². The Balaban J connectivity index is 1.40. The topological polar surface area (TPSA) is 96.7 Å². The molecule has 0 spiro atoms. The number of carbonyl (C=O) groups is 1. The monoisotopic (exact) mass is 403 g/mol. The lowest BCUT2D eigenvalue weighted by atomic mass is 10.1. The molecule has 0 unspecified atom stereocenters. The predicted octanol–water partition coefficient (Wildman–Crippen LogP) is 4.51. The van der Waals surface area contributed by atoms with E-state index >= 15 is 0 Å². The van der Waals surface area contributed by atoms with E-state index in [0.29, 0.717) is 40.6 Å². The molecule has 2 N–H and O–H groups in total. The molecule has 2 heterocycles. The van der Waals surface area contributed by atoms with Crippen molar-refractivity contribution in [1.29, 1.82) is 0 Å². The van der Waals surface area contributed by atoms with Crippen molar-refractivity contribution in [3.8, 4) is 22.6 Å². The van der Waals surface area contributed by atoms with Crippen molar-refractivity contribution in [2.45, 2.75) is 25.4 Å². The van der Waals surface area contributed by atoms with Crippen molar-refractivity contribution in [3.63, 3.8) is 0 Å². The standard InChI is InChI=1S/C22H18FN5O2/c1-12-7-8-14(20-26-22(30-28-20)15-10-17(15)23)9-18(12)25-21(29)16-11-24-27-19(16)13-5-3-2-4-6-13/h2-9,11,15,17H,10H2,1H3,(H,24,27)(H,25,29)/t15-,17-/m0/s1. The first-order chi connectivity index (χ1) is 14.6. The van der Waals surface area contributed by atoms with Crippen molar-refractivity contribution in [1.82, 2.24) is 20.3 Å². The first-order valence-electron chi connectivity index (χ1n) is 9.59. The molecule has 30 heavy (non-hydrogen) atoms. The Kier molecular flexibility index (Phi) is 4.39. The summed E-state index contributed by atoms with van der Waals surface area (Å²) < 4.78 is 18.4. The maximum atomic E-state index is 13.2. The minimum absolute atomic E-state index is 0.282. The second-order valence-corrected chi connectivity index (χ2v) is 7.32. The number of H-pyrrole nitrogens is 1. The Morgan fingerprint density at radius 2 is 2.00 bits per heavy atom. The lowest BCUT2D eigenvalue weighted by Crippen LogP contribution is -2.13. The van der Waals surface area contributed by atoms with Crippen LogP contribution in [0.3, 0.4) is 0 Å². The van der Waals surface area contributed by atoms with E-state index in [4.69, 9.17) is 4.52 Å². The molecule has 150 valence electrons. The average Bonchev–Trinajstić information content (AvgIpc) is 3.17. The summed E-state index contributed by atoms with van der Waals surface area (Å²) in [5.41, 5.74) is 4.14. The minimum atomic E-state index is -0.903. The van der Waals surface area contributed by atoms with E-state index in [1.807, 2.05) is 49.4 Å². The van der Waals surface area contributed by atoms with Gasteiger partial charge in [-0.2, -0.15) is 10.1 Å². The van der Waals surface area contributed by atoms with Crippen LogP contribution in [-0.2, 0) is 0 Å². The largest absolute Gasteiger partial charge is 0.339 e. The molecular formula is C22H18FN5O2. The van der Waals surface area contributed by atoms with E-state index in [0.717, 1.165) is 11.1 Å². The Hall–Kier alpha value is -3.81. The molecule has 0 saturated heterocycles. The molecule has 1 aliphatic rings. The summed E-state index contributed by atoms with van der Waals surface area (Å²) in [4.78, 5) is 17.2. The number of aromatic amines is 1. The van der Waals surface area contributed by atoms with Crippen LogP contribution in [0.2, 0.25) is 0 Å². The molecule has 0 aliphatic heterocycles. The number of hydrogen-bond donors (Lipinski definition) is 2. The van der Waals surface area contributed by atoms with E-state index < -0.39 is 6.17 Å². The number of anilines is 1. The molecule has 0 bridgehead atoms. The molecule has 1 aliphatic carbocycles. The highest BCUT2D eigenvalue weighted by atomic mass is 19.1. The van der Waals surface area contributed by atoms with E-state index in [9.17, 15) is 9.18 Å². The van der Waals surface area contributed by atoms with Crippen LogP contribution < -0.4 is 5.32 Å². The minimum Gasteiger partial charge on any atom is -0.339 e. The molecule has 5 rings (SSSR count). The molecular weight excluding hydrogens is 385 g/mol. The van der Waals surface area contributed by atoms with Gasteiger partial charge in [0.05, 0.1) is 23.4 Å². The smallest absolute Gasteiger partial charge is 0.259 e. The quantitative estimate of drug-likeness (QED) is 0.511. The molecule has 2 aromatic heterocycles. The second kappa shape index (κ2) is 7.22. The summed E-state index contributed by atoms with van der Waals surface area (Å²) in [6.45, 7) is 1.90. The number of rotatable bonds is 5. The number of amides is 1. The van der Waals surface area contributed by atoms with Crippen LogP contribution in [0.25, 0.3) is 22.6 Å². The predicted molar refractivity (Wildman–Crippen MR) is 109 cm³/mol. The van der Waals surface area contributed by atoms with Crippen molar-refractivity contribution in [2.75, 3.05) is 5.32 Å². The molecule has 7 nitrogen and oxygen atoms in total. The second-order valence-electron chi connectivity index (χ2n) is 7.32. The third-order valence-electron chi connectivity index (χ3n) is 5.16. The summed E-state index contributed by atoms with van der Waals surface area (Å²) >= 11 is 0. The number of halogens is 1. The van der Waals surface area contributed by atoms with Crippen molar-refractivity contribution < 1.29 is 13.7 Å². The number of nitrogens with zero attached hydrogens (tertiary/aromatic N) is 3. The lowest BCUT2D eigenvalue weighted by molar-refractivity contribution is 0.102. The van der Waals surface area contributed by atoms with Crippen LogP contribution in [0.5, 0.6) is 0 Å². The van der Waals surface area contributed by atoms with E-state index in [1.165, 1.54) is 6.20 Å². The van der Waals surface area contributed by atoms with Gasteiger partial charge >= 0.3 is 0 Å². The summed E-state index contributed by atoms with van der Waals surface area (Å²) in [5.74, 6) is 0.103. The van der Waals surface area contributed by atoms with Gasteiger partial charge < -0.3 is 9.84 Å². The Bertz CT molecular complexity index is 1220. The van der Waals surface area contributed by atoms with Gasteiger partial charge in [0.15, 0.2) is 0 Å². The number of aromatic nitrogens is 4. The molecule has 1 amide bonds. The fraction of sp³-hybridized carbons (Fsp3) is 0.182. The average molecular weight is 403 g/mol. The van der Waals surface area contributed by atoms with Gasteiger partial charge in [0, 0.05) is 16.8 Å². The molecule has 8 heteroatoms. The van der Waals surface area contributed by atoms with Crippen LogP contribution in [0.4, 0.5) is 10.1 Å². The number of nitrogens with one attached hydrogen (secondary N) is 2. The number of benzene rings is 2. The van der Waals surface area contributed by atoms with Gasteiger partial charge in [-0.05, 0) is 25.0 Å². The number of aryl methyl sites for hydroxylation is 1. The molecule has 1 saturated carbocycles. The zero-order valence-corrected chi connectivity index (χ0v) is 16.1. The SMILES string of the molecule is Cc1ccc(-c2noc([C@H]3C[C@@H]3F)n2)cc1NC(=O)c1cn[nH]c1-c1ccccc1. The van der Waals surface area contributed by atoms with E-state index in [2.05, 4.69) is 25.7 Å². The van der Waals surface area contributed by atoms with Crippen LogP contribution in [0.1, 0.15) is 34.2 Å². The van der Waals surface area contributed by atoms with Crippen LogP contribution in [-0.4, -0.2) is 32.4 Å². The first kappa shape index (κ1) is 18.2. The summed E-state index contributed by atoms with van der Waals surface area (Å²) in [6, 6.07) is 15.0. The zero-order valence-electron chi connectivity index (χ0n) is 16.1. The number of alkyl halides is 1. The fourth-order valence-electron chi connectivity index (χ4n) is 3.29. The summed E-state index contributed by atoms with van der Waals surface area (Å²) in [5, 5.41) is 13.8. The maximum Gasteiger partial charge on any atom is 0.259 e. The van der Waals surface area contributed by atoms with Crippen LogP contribution in [0, 0.1) is 6.92 Å². The van der Waals surface area contributed by atoms with E-state index in [-0.39, 0.29) is 11.8 Å². The van der Waals surface area contributed by atoms with Crippen molar-refractivity contribution >= 4 is 11.6 Å². The Labute approximate surface area is 171 Å². The normalized spacial score (nSPS) is 17.7. The first-order valence-corrected chi connectivity index (χ1v) is 9.59. The van der Waals surface area contributed by atoms with Crippen LogP contribution in [0.15, 0.2) is 59.3 Å². The van der Waals surface area contributed by atoms with Crippen molar-refractivity contribution in [2.24, 2.45) is 0 Å². The van der Waals surface area contributed by atoms with Gasteiger partial charge in [-0.3, -0.25) is 9.89 Å².